The van der Waals surface area contributed by atoms with Gasteiger partial charge in [-0.3, -0.25) is 10.3 Å². The first kappa shape index (κ1) is 13.4. The van der Waals surface area contributed by atoms with Crippen LogP contribution in [0.5, 0.6) is 0 Å². The number of rotatable bonds is 2. The predicted octanol–water partition coefficient (Wildman–Crippen LogP) is -2.99. The fourth-order valence-electron chi connectivity index (χ4n) is 2.33. The molecule has 2 aliphatic heterocycles. The number of aliphatic hydroxyl groups excluding tert-OH is 3. The summed E-state index contributed by atoms with van der Waals surface area (Å²) < 4.78 is 6.76. The second-order valence-electron chi connectivity index (χ2n) is 4.71. The molecule has 0 aromatic carbocycles. The minimum absolute atomic E-state index is 0.0674. The number of imidazole rings is 1. The van der Waals surface area contributed by atoms with E-state index >= 15 is 0 Å². The van der Waals surface area contributed by atoms with Gasteiger partial charge < -0.3 is 30.5 Å². The van der Waals surface area contributed by atoms with Crippen molar-refractivity contribution in [1.29, 1.82) is 0 Å². The molecule has 0 saturated carbocycles. The van der Waals surface area contributed by atoms with E-state index in [9.17, 15) is 15.3 Å². The minimum Gasteiger partial charge on any atom is -0.394 e. The monoisotopic (exact) mass is 285 g/mol. The van der Waals surface area contributed by atoms with Gasteiger partial charge >= 0.3 is 0 Å². The molecule has 0 radical (unpaired) electrons. The lowest BCUT2D eigenvalue weighted by molar-refractivity contribution is -0.0520. The van der Waals surface area contributed by atoms with E-state index in [2.05, 4.69) is 15.3 Å². The van der Waals surface area contributed by atoms with Crippen LogP contribution >= 0.6 is 0 Å². The minimum atomic E-state index is -1.97. The quantitative estimate of drug-likeness (QED) is 0.314. The summed E-state index contributed by atoms with van der Waals surface area (Å²) in [6.45, 7) is -0.429. The van der Waals surface area contributed by atoms with E-state index in [1.807, 2.05) is 0 Å². The van der Waals surface area contributed by atoms with Crippen molar-refractivity contribution in [3.63, 3.8) is 0 Å². The molecular weight excluding hydrogens is 270 g/mol. The Morgan fingerprint density at radius 2 is 2.20 bits per heavy atom. The summed E-state index contributed by atoms with van der Waals surface area (Å²) in [5.74, 6) is -1.68. The molecule has 0 aliphatic carbocycles. The Morgan fingerprint density at radius 3 is 2.85 bits per heavy atom. The van der Waals surface area contributed by atoms with Crippen LogP contribution in [0, 0.1) is 0 Å². The molecule has 1 saturated heterocycles. The molecule has 0 bridgehead atoms. The van der Waals surface area contributed by atoms with Gasteiger partial charge in [0.2, 0.25) is 0 Å². The van der Waals surface area contributed by atoms with Crippen LogP contribution in [0.3, 0.4) is 0 Å². The molecule has 20 heavy (non-hydrogen) atoms. The third-order valence-electron chi connectivity index (χ3n) is 3.40. The molecule has 110 valence electrons. The number of ether oxygens (including phenoxy) is 1. The van der Waals surface area contributed by atoms with Crippen molar-refractivity contribution < 1.29 is 25.2 Å². The third kappa shape index (κ3) is 1.82. The summed E-state index contributed by atoms with van der Waals surface area (Å²) in [6.07, 6.45) is -1.85. The van der Waals surface area contributed by atoms with Gasteiger partial charge in [0.05, 0.1) is 19.3 Å². The van der Waals surface area contributed by atoms with Crippen molar-refractivity contribution in [1.82, 2.24) is 9.55 Å². The topological polar surface area (TPSA) is 158 Å². The fourth-order valence-corrected chi connectivity index (χ4v) is 2.33. The van der Waals surface area contributed by atoms with E-state index in [0.717, 1.165) is 0 Å². The van der Waals surface area contributed by atoms with Crippen LogP contribution in [-0.4, -0.2) is 61.2 Å². The van der Waals surface area contributed by atoms with Gasteiger partial charge in [-0.25, -0.2) is 9.98 Å². The molecule has 7 N–H and O–H groups in total. The highest BCUT2D eigenvalue weighted by Gasteiger charge is 2.45. The molecule has 1 aromatic heterocycles. The summed E-state index contributed by atoms with van der Waals surface area (Å²) in [7, 11) is 0. The molecule has 0 spiro atoms. The smallest absolute Gasteiger partial charge is 0.260 e. The Kier molecular flexibility index (Phi) is 3.01. The van der Waals surface area contributed by atoms with E-state index in [-0.39, 0.29) is 5.69 Å². The van der Waals surface area contributed by atoms with Gasteiger partial charge in [-0.1, -0.05) is 0 Å². The summed E-state index contributed by atoms with van der Waals surface area (Å²) in [5, 5.41) is 41.4. The average Bonchev–Trinajstić information content (AvgIpc) is 2.94. The van der Waals surface area contributed by atoms with Crippen LogP contribution in [0.25, 0.3) is 0 Å². The number of aromatic nitrogens is 2. The number of fused-ring (bicyclic) bond motifs is 1. The normalized spacial score (nSPS) is 39.6. The van der Waals surface area contributed by atoms with Gasteiger partial charge in [-0.05, 0) is 0 Å². The fraction of sp³-hybridized carbons (Fsp3) is 0.600. The maximum Gasteiger partial charge on any atom is 0.260 e. The maximum atomic E-state index is 9.97. The Hall–Kier alpha value is -1.56. The van der Waals surface area contributed by atoms with E-state index in [0.29, 0.717) is 5.82 Å². The zero-order valence-electron chi connectivity index (χ0n) is 10.3. The second kappa shape index (κ2) is 4.48. The molecule has 2 aliphatic rings. The van der Waals surface area contributed by atoms with Crippen molar-refractivity contribution >= 4 is 12.2 Å². The summed E-state index contributed by atoms with van der Waals surface area (Å²) in [5.41, 5.74) is 5.63. The van der Waals surface area contributed by atoms with E-state index < -0.39 is 37.0 Å². The molecule has 10 nitrogen and oxygen atoms in total. The number of aliphatic imine (C=N–C) groups is 1. The average molecular weight is 285 g/mol. The number of anilines is 1. The Morgan fingerprint density at radius 1 is 1.45 bits per heavy atom. The van der Waals surface area contributed by atoms with Gasteiger partial charge in [0.25, 0.3) is 5.85 Å². The number of hydrogen-bond acceptors (Lipinski definition) is 9. The summed E-state index contributed by atoms with van der Waals surface area (Å²) >= 11 is 0. The molecular formula is C10H15N5O5. The number of aliphatic hydroxyl groups is 4. The first-order chi connectivity index (χ1) is 9.45. The first-order valence-electron chi connectivity index (χ1n) is 5.97. The SMILES string of the molecule is NC1(O)N=CNc2c1ncn2[C@@H]1O[C@H](CO)[C@@H](O)[C@H]1O. The lowest BCUT2D eigenvalue weighted by Gasteiger charge is -2.24. The van der Waals surface area contributed by atoms with Crippen LogP contribution < -0.4 is 11.1 Å². The molecule has 5 atom stereocenters. The van der Waals surface area contributed by atoms with Crippen molar-refractivity contribution in [2.45, 2.75) is 30.4 Å². The van der Waals surface area contributed by atoms with Gasteiger partial charge in [0.1, 0.15) is 24.1 Å². The van der Waals surface area contributed by atoms with Gasteiger partial charge in [-0.15, -0.1) is 0 Å². The molecule has 3 rings (SSSR count). The zero-order chi connectivity index (χ0) is 14.5. The molecule has 10 heteroatoms. The van der Waals surface area contributed by atoms with Gasteiger partial charge in [-0.2, -0.15) is 0 Å². The molecule has 0 amide bonds. The summed E-state index contributed by atoms with van der Waals surface area (Å²) in [6, 6.07) is 0. The van der Waals surface area contributed by atoms with Crippen LogP contribution in [0.15, 0.2) is 11.3 Å². The zero-order valence-corrected chi connectivity index (χ0v) is 10.3. The van der Waals surface area contributed by atoms with Gasteiger partial charge in [0.15, 0.2) is 11.9 Å². The maximum absolute atomic E-state index is 9.97. The Labute approximate surface area is 113 Å². The van der Waals surface area contributed by atoms with Crippen LogP contribution in [0.4, 0.5) is 5.82 Å². The number of hydrogen-bond donors (Lipinski definition) is 6. The second-order valence-corrected chi connectivity index (χ2v) is 4.71. The van der Waals surface area contributed by atoms with Crippen molar-refractivity contribution in [2.24, 2.45) is 10.7 Å². The van der Waals surface area contributed by atoms with E-state index in [1.165, 1.54) is 17.2 Å². The van der Waals surface area contributed by atoms with Crippen LogP contribution in [0.1, 0.15) is 11.9 Å². The lowest BCUT2D eigenvalue weighted by Crippen LogP contribution is -2.39. The predicted molar refractivity (Wildman–Crippen MR) is 65.4 cm³/mol. The standard InChI is InChI=1S/C10H15N5O5/c11-10(19)7-8(12-2-14-10)15(3-13-7)9-6(18)5(17)4(1-16)20-9/h2-6,9,16-19H,1,11H2,(H,12,14)/t4-,5-,6-,9-,10?/m1/s1. The Bertz CT molecular complexity index is 544. The van der Waals surface area contributed by atoms with Crippen LogP contribution in [-0.2, 0) is 10.6 Å². The van der Waals surface area contributed by atoms with Crippen molar-refractivity contribution in [3.8, 4) is 0 Å². The van der Waals surface area contributed by atoms with Crippen molar-refractivity contribution in [3.05, 3.63) is 12.0 Å². The van der Waals surface area contributed by atoms with E-state index in [1.54, 1.807) is 0 Å². The highest BCUT2D eigenvalue weighted by Crippen LogP contribution is 2.35. The van der Waals surface area contributed by atoms with E-state index in [4.69, 9.17) is 15.6 Å². The Balaban J connectivity index is 1.96. The van der Waals surface area contributed by atoms with Crippen LogP contribution in [0.2, 0.25) is 0 Å². The summed E-state index contributed by atoms with van der Waals surface area (Å²) in [4.78, 5) is 7.58. The van der Waals surface area contributed by atoms with Gasteiger partial charge in [0, 0.05) is 0 Å². The highest BCUT2D eigenvalue weighted by atomic mass is 16.6. The molecule has 3 heterocycles. The number of nitrogens with zero attached hydrogens (tertiary/aromatic N) is 3. The third-order valence-corrected chi connectivity index (χ3v) is 3.40. The first-order valence-corrected chi connectivity index (χ1v) is 5.97. The number of nitrogens with one attached hydrogen (secondary N) is 1. The molecule has 1 fully saturated rings. The lowest BCUT2D eigenvalue weighted by atomic mass is 10.1. The number of nitrogens with two attached hydrogens (primary N) is 1. The largest absolute Gasteiger partial charge is 0.394 e. The molecule has 1 unspecified atom stereocenters. The highest BCUT2D eigenvalue weighted by molar-refractivity contribution is 5.78. The van der Waals surface area contributed by atoms with Crippen molar-refractivity contribution in [2.75, 3.05) is 11.9 Å². The molecule has 1 aromatic rings.